The van der Waals surface area contributed by atoms with E-state index in [0.717, 1.165) is 0 Å². The van der Waals surface area contributed by atoms with Crippen LogP contribution in [0, 0.1) is 0 Å². The minimum Gasteiger partial charge on any atom is -0.493 e. The molecule has 0 bridgehead atoms. The highest BCUT2D eigenvalue weighted by Gasteiger charge is 2.20. The maximum atomic E-state index is 11.3. The second-order valence-corrected chi connectivity index (χ2v) is 4.84. The molecule has 0 atom stereocenters. The van der Waals surface area contributed by atoms with E-state index in [1.165, 1.54) is 28.4 Å². The van der Waals surface area contributed by atoms with Crippen LogP contribution in [-0.2, 0) is 0 Å². The molecule has 0 aromatic heterocycles. The van der Waals surface area contributed by atoms with Crippen molar-refractivity contribution in [1.29, 1.82) is 0 Å². The van der Waals surface area contributed by atoms with Crippen molar-refractivity contribution in [1.82, 2.24) is 0 Å². The Hall–Kier alpha value is -3.02. The maximum Gasteiger partial charge on any atom is 0.168 e. The molecule has 0 saturated heterocycles. The van der Waals surface area contributed by atoms with E-state index >= 15 is 0 Å². The molecule has 0 amide bonds. The summed E-state index contributed by atoms with van der Waals surface area (Å²) in [4.78, 5) is 22.5. The van der Waals surface area contributed by atoms with E-state index in [0.29, 0.717) is 57.8 Å². The van der Waals surface area contributed by atoms with Crippen LogP contribution in [0.4, 0.5) is 0 Å². The average molecular weight is 330 g/mol. The Kier molecular flexibility index (Phi) is 5.42. The molecule has 0 fully saturated rings. The van der Waals surface area contributed by atoms with E-state index in [4.69, 9.17) is 18.9 Å². The number of carbonyl (C=O) groups is 2. The van der Waals surface area contributed by atoms with E-state index < -0.39 is 0 Å². The fourth-order valence-corrected chi connectivity index (χ4v) is 2.51. The summed E-state index contributed by atoms with van der Waals surface area (Å²) in [6, 6.07) is 6.42. The summed E-state index contributed by atoms with van der Waals surface area (Å²) in [7, 11) is 5.95. The van der Waals surface area contributed by atoms with Crippen molar-refractivity contribution in [3.63, 3.8) is 0 Å². The van der Waals surface area contributed by atoms with Crippen LogP contribution in [0.15, 0.2) is 24.3 Å². The highest BCUT2D eigenvalue weighted by molar-refractivity contribution is 5.90. The van der Waals surface area contributed by atoms with Crippen molar-refractivity contribution in [3.8, 4) is 34.1 Å². The molecule has 6 heteroatoms. The summed E-state index contributed by atoms with van der Waals surface area (Å²) in [6.45, 7) is 0. The Bertz CT molecular complexity index is 701. The summed E-state index contributed by atoms with van der Waals surface area (Å²) in [6.07, 6.45) is 1.41. The van der Waals surface area contributed by atoms with Gasteiger partial charge in [0.2, 0.25) is 0 Å². The SMILES string of the molecule is COc1cc(C=O)cc(-c2cc(C=O)cc(OC)c2OC)c1OC. The number of aldehydes is 2. The number of methoxy groups -OCH3 is 4. The Morgan fingerprint density at radius 1 is 0.625 bits per heavy atom. The van der Waals surface area contributed by atoms with Crippen molar-refractivity contribution in [3.05, 3.63) is 35.4 Å². The van der Waals surface area contributed by atoms with Crippen molar-refractivity contribution in [2.45, 2.75) is 0 Å². The van der Waals surface area contributed by atoms with Crippen LogP contribution in [0.3, 0.4) is 0 Å². The molecule has 0 aliphatic carbocycles. The highest BCUT2D eigenvalue weighted by Crippen LogP contribution is 2.46. The molecule has 0 spiro atoms. The predicted octanol–water partition coefficient (Wildman–Crippen LogP) is 3.01. The van der Waals surface area contributed by atoms with Gasteiger partial charge in [-0.1, -0.05) is 0 Å². The van der Waals surface area contributed by atoms with E-state index in [2.05, 4.69) is 0 Å². The predicted molar refractivity (Wildman–Crippen MR) is 88.9 cm³/mol. The molecule has 0 aliphatic rings. The summed E-state index contributed by atoms with van der Waals surface area (Å²) in [5, 5.41) is 0. The lowest BCUT2D eigenvalue weighted by molar-refractivity contribution is 0.111. The molecule has 2 rings (SSSR count). The first kappa shape index (κ1) is 17.3. The van der Waals surface area contributed by atoms with Crippen molar-refractivity contribution in [2.24, 2.45) is 0 Å². The largest absolute Gasteiger partial charge is 0.493 e. The number of rotatable bonds is 7. The number of hydrogen-bond donors (Lipinski definition) is 0. The smallest absolute Gasteiger partial charge is 0.168 e. The number of benzene rings is 2. The summed E-state index contributed by atoms with van der Waals surface area (Å²) >= 11 is 0. The summed E-state index contributed by atoms with van der Waals surface area (Å²) in [5.74, 6) is 1.64. The van der Waals surface area contributed by atoms with Crippen molar-refractivity contribution in [2.75, 3.05) is 28.4 Å². The maximum absolute atomic E-state index is 11.3. The first-order valence-electron chi connectivity index (χ1n) is 7.06. The lowest BCUT2D eigenvalue weighted by atomic mass is 9.98. The van der Waals surface area contributed by atoms with Gasteiger partial charge in [-0.05, 0) is 24.3 Å². The van der Waals surface area contributed by atoms with Crippen LogP contribution in [0.25, 0.3) is 11.1 Å². The normalized spacial score (nSPS) is 10.0. The molecule has 24 heavy (non-hydrogen) atoms. The Labute approximate surface area is 139 Å². The molecular formula is C18H18O6. The second-order valence-electron chi connectivity index (χ2n) is 4.84. The van der Waals surface area contributed by atoms with Gasteiger partial charge in [0, 0.05) is 22.3 Å². The van der Waals surface area contributed by atoms with E-state index in [9.17, 15) is 9.59 Å². The lowest BCUT2D eigenvalue weighted by Crippen LogP contribution is -1.99. The van der Waals surface area contributed by atoms with Crippen LogP contribution in [0.1, 0.15) is 20.7 Å². The quantitative estimate of drug-likeness (QED) is 0.727. The lowest BCUT2D eigenvalue weighted by Gasteiger charge is -2.18. The van der Waals surface area contributed by atoms with Gasteiger partial charge >= 0.3 is 0 Å². The molecule has 0 aliphatic heterocycles. The van der Waals surface area contributed by atoms with Crippen LogP contribution in [-0.4, -0.2) is 41.0 Å². The van der Waals surface area contributed by atoms with Crippen LogP contribution < -0.4 is 18.9 Å². The van der Waals surface area contributed by atoms with Gasteiger partial charge in [0.15, 0.2) is 23.0 Å². The highest BCUT2D eigenvalue weighted by atomic mass is 16.5. The molecule has 2 aromatic rings. The minimum absolute atomic E-state index is 0.398. The first-order valence-corrected chi connectivity index (χ1v) is 7.06. The van der Waals surface area contributed by atoms with Gasteiger partial charge in [-0.25, -0.2) is 0 Å². The van der Waals surface area contributed by atoms with Crippen LogP contribution in [0.2, 0.25) is 0 Å². The van der Waals surface area contributed by atoms with Crippen LogP contribution in [0.5, 0.6) is 23.0 Å². The molecule has 0 saturated carbocycles. The van der Waals surface area contributed by atoms with Gasteiger partial charge in [0.1, 0.15) is 12.6 Å². The van der Waals surface area contributed by atoms with Gasteiger partial charge in [-0.2, -0.15) is 0 Å². The number of ether oxygens (including phenoxy) is 4. The minimum atomic E-state index is 0.398. The summed E-state index contributed by atoms with van der Waals surface area (Å²) in [5.41, 5.74) is 1.91. The third kappa shape index (κ3) is 3.03. The topological polar surface area (TPSA) is 71.1 Å². The van der Waals surface area contributed by atoms with Crippen LogP contribution >= 0.6 is 0 Å². The Morgan fingerprint density at radius 2 is 1.00 bits per heavy atom. The molecular weight excluding hydrogens is 312 g/mol. The molecule has 6 nitrogen and oxygen atoms in total. The molecule has 126 valence electrons. The Morgan fingerprint density at radius 3 is 1.25 bits per heavy atom. The van der Waals surface area contributed by atoms with Gasteiger partial charge in [-0.15, -0.1) is 0 Å². The zero-order valence-electron chi connectivity index (χ0n) is 13.9. The molecule has 0 unspecified atom stereocenters. The monoisotopic (exact) mass is 330 g/mol. The fraction of sp³-hybridized carbons (Fsp3) is 0.222. The molecule has 0 N–H and O–H groups in total. The first-order chi connectivity index (χ1) is 11.6. The van der Waals surface area contributed by atoms with E-state index in [-0.39, 0.29) is 0 Å². The van der Waals surface area contributed by atoms with Gasteiger partial charge in [0.05, 0.1) is 28.4 Å². The zero-order chi connectivity index (χ0) is 17.7. The number of hydrogen-bond acceptors (Lipinski definition) is 6. The molecule has 2 aromatic carbocycles. The fourth-order valence-electron chi connectivity index (χ4n) is 2.51. The standard InChI is InChI=1S/C18H18O6/c1-21-15-7-11(9-19)5-13(17(15)23-3)14-6-12(10-20)8-16(22-2)18(14)24-4/h5-10H,1-4H3. The second kappa shape index (κ2) is 7.50. The number of carbonyl (C=O) groups excluding carboxylic acids is 2. The van der Waals surface area contributed by atoms with E-state index in [1.54, 1.807) is 24.3 Å². The molecule has 0 heterocycles. The van der Waals surface area contributed by atoms with Gasteiger partial charge < -0.3 is 18.9 Å². The zero-order valence-corrected chi connectivity index (χ0v) is 13.9. The Balaban J connectivity index is 2.88. The summed E-state index contributed by atoms with van der Waals surface area (Å²) < 4.78 is 21.5. The molecule has 0 radical (unpaired) electrons. The van der Waals surface area contributed by atoms with Gasteiger partial charge in [-0.3, -0.25) is 9.59 Å². The third-order valence-electron chi connectivity index (χ3n) is 3.56. The van der Waals surface area contributed by atoms with Crippen molar-refractivity contribution < 1.29 is 28.5 Å². The third-order valence-corrected chi connectivity index (χ3v) is 3.56. The average Bonchev–Trinajstić information content (AvgIpc) is 2.65. The van der Waals surface area contributed by atoms with Gasteiger partial charge in [0.25, 0.3) is 0 Å². The van der Waals surface area contributed by atoms with Crippen molar-refractivity contribution >= 4 is 12.6 Å². The van der Waals surface area contributed by atoms with E-state index in [1.807, 2.05) is 0 Å².